The Labute approximate surface area is 140 Å². The third kappa shape index (κ3) is 2.76. The second kappa shape index (κ2) is 6.06. The third-order valence-electron chi connectivity index (χ3n) is 4.65. The zero-order chi connectivity index (χ0) is 16.5. The summed E-state index contributed by atoms with van der Waals surface area (Å²) in [5.41, 5.74) is 1.41. The van der Waals surface area contributed by atoms with E-state index in [9.17, 15) is 10.1 Å². The maximum atomic E-state index is 12.8. The van der Waals surface area contributed by atoms with Gasteiger partial charge in [0, 0.05) is 31.2 Å². The van der Waals surface area contributed by atoms with E-state index in [-0.39, 0.29) is 11.9 Å². The van der Waals surface area contributed by atoms with Gasteiger partial charge in [-0.2, -0.15) is 5.26 Å². The molecule has 0 bridgehead atoms. The number of aromatic nitrogens is 3. The van der Waals surface area contributed by atoms with Gasteiger partial charge in [-0.15, -0.1) is 5.10 Å². The predicted octanol–water partition coefficient (Wildman–Crippen LogP) is 1.08. The van der Waals surface area contributed by atoms with Crippen LogP contribution in [0, 0.1) is 11.3 Å². The molecule has 1 aromatic carbocycles. The molecule has 4 rings (SSSR count). The third-order valence-corrected chi connectivity index (χ3v) is 4.65. The van der Waals surface area contributed by atoms with Crippen molar-refractivity contribution in [2.75, 3.05) is 19.6 Å². The Bertz CT molecular complexity index is 777. The van der Waals surface area contributed by atoms with Crippen molar-refractivity contribution in [3.63, 3.8) is 0 Å². The van der Waals surface area contributed by atoms with Gasteiger partial charge in [0.15, 0.2) is 0 Å². The van der Waals surface area contributed by atoms with Crippen molar-refractivity contribution in [3.05, 3.63) is 42.2 Å². The van der Waals surface area contributed by atoms with Crippen LogP contribution in [0.3, 0.4) is 0 Å². The Morgan fingerprint density at radius 3 is 2.88 bits per heavy atom. The zero-order valence-corrected chi connectivity index (χ0v) is 13.2. The summed E-state index contributed by atoms with van der Waals surface area (Å²) < 4.78 is 1.62. The number of carbonyl (C=O) groups is 1. The first kappa shape index (κ1) is 14.8. The molecule has 1 amide bonds. The Morgan fingerprint density at radius 1 is 1.29 bits per heavy atom. The van der Waals surface area contributed by atoms with Crippen molar-refractivity contribution in [3.8, 4) is 11.8 Å². The van der Waals surface area contributed by atoms with Crippen molar-refractivity contribution in [2.45, 2.75) is 24.9 Å². The maximum absolute atomic E-state index is 12.8. The normalized spacial score (nSPS) is 21.5. The van der Waals surface area contributed by atoms with Crippen LogP contribution in [0.1, 0.15) is 23.2 Å². The fraction of sp³-hybridized carbons (Fsp3) is 0.412. The summed E-state index contributed by atoms with van der Waals surface area (Å²) in [6.45, 7) is 1.91. The van der Waals surface area contributed by atoms with Gasteiger partial charge >= 0.3 is 0 Å². The average molecular weight is 322 g/mol. The van der Waals surface area contributed by atoms with E-state index in [1.54, 1.807) is 28.0 Å². The summed E-state index contributed by atoms with van der Waals surface area (Å²) in [6.07, 6.45) is 5.69. The highest BCUT2D eigenvalue weighted by Gasteiger charge is 2.38. The fourth-order valence-corrected chi connectivity index (χ4v) is 3.25. The molecule has 0 radical (unpaired) electrons. The lowest BCUT2D eigenvalue weighted by atomic mass is 10.1. The molecule has 24 heavy (non-hydrogen) atoms. The van der Waals surface area contributed by atoms with Crippen molar-refractivity contribution in [2.24, 2.45) is 0 Å². The number of nitriles is 1. The molecule has 1 aliphatic carbocycles. The van der Waals surface area contributed by atoms with Crippen LogP contribution in [0.4, 0.5) is 0 Å². The Morgan fingerprint density at radius 2 is 2.17 bits per heavy atom. The van der Waals surface area contributed by atoms with Gasteiger partial charge in [0.1, 0.15) is 6.04 Å². The van der Waals surface area contributed by atoms with Gasteiger partial charge < -0.3 is 4.90 Å². The molecule has 1 aliphatic heterocycles. The van der Waals surface area contributed by atoms with Crippen LogP contribution >= 0.6 is 0 Å². The van der Waals surface area contributed by atoms with Gasteiger partial charge in [0.25, 0.3) is 5.91 Å². The summed E-state index contributed by atoms with van der Waals surface area (Å²) in [5.74, 6) is -0.0346. The van der Waals surface area contributed by atoms with E-state index in [1.165, 1.54) is 12.8 Å². The number of hydrogen-bond acceptors (Lipinski definition) is 5. The number of amides is 1. The van der Waals surface area contributed by atoms with Crippen molar-refractivity contribution < 1.29 is 4.79 Å². The van der Waals surface area contributed by atoms with Crippen LogP contribution in [0.25, 0.3) is 5.69 Å². The maximum Gasteiger partial charge on any atom is 0.254 e. The Kier molecular flexibility index (Phi) is 3.75. The topological polar surface area (TPSA) is 78.0 Å². The summed E-state index contributed by atoms with van der Waals surface area (Å²) in [6, 6.07) is 10.0. The molecule has 2 fully saturated rings. The number of hydrogen-bond donors (Lipinski definition) is 0. The molecular weight excluding hydrogens is 304 g/mol. The molecular formula is C17H18N6O. The van der Waals surface area contributed by atoms with Crippen molar-refractivity contribution in [1.82, 2.24) is 24.8 Å². The highest BCUT2D eigenvalue weighted by atomic mass is 16.2. The van der Waals surface area contributed by atoms with Gasteiger partial charge in [-0.1, -0.05) is 11.3 Å². The molecule has 1 saturated carbocycles. The number of piperazine rings is 1. The summed E-state index contributed by atoms with van der Waals surface area (Å²) in [5, 5.41) is 17.2. The smallest absolute Gasteiger partial charge is 0.254 e. The molecule has 1 saturated heterocycles. The number of benzene rings is 1. The number of rotatable bonds is 3. The van der Waals surface area contributed by atoms with E-state index in [0.717, 1.165) is 12.2 Å². The quantitative estimate of drug-likeness (QED) is 0.845. The van der Waals surface area contributed by atoms with Crippen molar-refractivity contribution in [1.29, 1.82) is 5.26 Å². The SMILES string of the molecule is N#CC1CN(C(=O)c2cccc(-n3ccnn3)c2)CCN1C1CC1. The summed E-state index contributed by atoms with van der Waals surface area (Å²) in [4.78, 5) is 16.9. The van der Waals surface area contributed by atoms with E-state index < -0.39 is 0 Å². The number of carbonyl (C=O) groups excluding carboxylic acids is 1. The van der Waals surface area contributed by atoms with E-state index in [2.05, 4.69) is 21.3 Å². The molecule has 2 aromatic rings. The monoisotopic (exact) mass is 322 g/mol. The Hall–Kier alpha value is -2.72. The number of nitrogens with zero attached hydrogens (tertiary/aromatic N) is 6. The molecule has 1 aromatic heterocycles. The highest BCUT2D eigenvalue weighted by Crippen LogP contribution is 2.30. The van der Waals surface area contributed by atoms with E-state index >= 15 is 0 Å². The van der Waals surface area contributed by atoms with Crippen molar-refractivity contribution >= 4 is 5.91 Å². The van der Waals surface area contributed by atoms with Crippen LogP contribution in [-0.2, 0) is 0 Å². The zero-order valence-electron chi connectivity index (χ0n) is 13.2. The molecule has 122 valence electrons. The van der Waals surface area contributed by atoms with Crippen LogP contribution < -0.4 is 0 Å². The minimum atomic E-state index is -0.200. The van der Waals surface area contributed by atoms with E-state index in [0.29, 0.717) is 24.7 Å². The van der Waals surface area contributed by atoms with Gasteiger partial charge in [0.05, 0.1) is 24.2 Å². The fourth-order valence-electron chi connectivity index (χ4n) is 3.25. The van der Waals surface area contributed by atoms with Crippen LogP contribution in [-0.4, -0.2) is 62.4 Å². The van der Waals surface area contributed by atoms with Gasteiger partial charge in [-0.05, 0) is 31.0 Å². The summed E-state index contributed by atoms with van der Waals surface area (Å²) >= 11 is 0. The van der Waals surface area contributed by atoms with Gasteiger partial charge in [0.2, 0.25) is 0 Å². The first-order valence-corrected chi connectivity index (χ1v) is 8.17. The molecule has 2 heterocycles. The minimum absolute atomic E-state index is 0.0346. The second-order valence-electron chi connectivity index (χ2n) is 6.26. The first-order valence-electron chi connectivity index (χ1n) is 8.17. The van der Waals surface area contributed by atoms with E-state index in [4.69, 9.17) is 0 Å². The van der Waals surface area contributed by atoms with Crippen LogP contribution in [0.15, 0.2) is 36.7 Å². The first-order chi connectivity index (χ1) is 11.8. The second-order valence-corrected chi connectivity index (χ2v) is 6.26. The van der Waals surface area contributed by atoms with E-state index in [1.807, 2.05) is 18.2 Å². The molecule has 0 spiro atoms. The van der Waals surface area contributed by atoms with Crippen LogP contribution in [0.2, 0.25) is 0 Å². The standard InChI is InChI=1S/C17H18N6O/c18-11-16-12-21(8-9-22(16)14-4-5-14)17(24)13-2-1-3-15(10-13)23-7-6-19-20-23/h1-3,6-7,10,14,16H,4-5,8-9,12H2. The molecule has 0 N–H and O–H groups in total. The Balaban J connectivity index is 1.52. The molecule has 1 atom stereocenters. The van der Waals surface area contributed by atoms with Crippen LogP contribution in [0.5, 0.6) is 0 Å². The summed E-state index contributed by atoms with van der Waals surface area (Å²) in [7, 11) is 0. The molecule has 2 aliphatic rings. The highest BCUT2D eigenvalue weighted by molar-refractivity contribution is 5.94. The minimum Gasteiger partial charge on any atom is -0.335 e. The van der Waals surface area contributed by atoms with Gasteiger partial charge in [-0.3, -0.25) is 9.69 Å². The lowest BCUT2D eigenvalue weighted by Gasteiger charge is -2.38. The molecule has 1 unspecified atom stereocenters. The van der Waals surface area contributed by atoms with Gasteiger partial charge in [-0.25, -0.2) is 4.68 Å². The average Bonchev–Trinajstić information content (AvgIpc) is 3.33. The lowest BCUT2D eigenvalue weighted by Crippen LogP contribution is -2.54. The molecule has 7 heteroatoms. The molecule has 7 nitrogen and oxygen atoms in total. The predicted molar refractivity (Wildman–Crippen MR) is 86.4 cm³/mol. The lowest BCUT2D eigenvalue weighted by molar-refractivity contribution is 0.0550. The largest absolute Gasteiger partial charge is 0.335 e.